The molecule has 1 aromatic carbocycles. The van der Waals surface area contributed by atoms with Gasteiger partial charge in [-0.25, -0.2) is 0 Å². The van der Waals surface area contributed by atoms with E-state index in [2.05, 4.69) is 24.1 Å². The molecule has 0 bridgehead atoms. The minimum absolute atomic E-state index is 0.216. The number of rotatable bonds is 6. The van der Waals surface area contributed by atoms with Gasteiger partial charge in [-0.15, -0.1) is 0 Å². The molecule has 0 amide bonds. The van der Waals surface area contributed by atoms with E-state index in [1.807, 2.05) is 26.0 Å². The second-order valence-electron chi connectivity index (χ2n) is 5.74. The Bertz CT molecular complexity index is 384. The normalized spacial score (nSPS) is 17.6. The molecule has 2 N–H and O–H groups in total. The Morgan fingerprint density at radius 2 is 1.89 bits per heavy atom. The molecule has 1 fully saturated rings. The van der Waals surface area contributed by atoms with Crippen LogP contribution >= 0.6 is 0 Å². The first-order chi connectivity index (χ1) is 9.11. The van der Waals surface area contributed by atoms with E-state index in [-0.39, 0.29) is 6.10 Å². The number of likely N-dealkylation sites (N-methyl/N-ethyl adjacent to an activating group) is 1. The van der Waals surface area contributed by atoms with Gasteiger partial charge in [0.25, 0.3) is 0 Å². The molecular formula is C16H26N2O. The van der Waals surface area contributed by atoms with Crippen LogP contribution in [0.25, 0.3) is 0 Å². The van der Waals surface area contributed by atoms with Crippen molar-refractivity contribution in [1.29, 1.82) is 0 Å². The fourth-order valence-electron chi connectivity index (χ4n) is 2.63. The van der Waals surface area contributed by atoms with Crippen LogP contribution in [0.1, 0.15) is 44.7 Å². The van der Waals surface area contributed by atoms with Crippen LogP contribution < -0.4 is 10.5 Å². The number of nitrogens with zero attached hydrogens (tertiary/aromatic N) is 1. The SMILES string of the molecule is CC(C)Oc1ccc(C(CN)N(C)C2CCC2)cc1. The Labute approximate surface area is 116 Å². The number of hydrogen-bond acceptors (Lipinski definition) is 3. The second kappa shape index (κ2) is 6.40. The summed E-state index contributed by atoms with van der Waals surface area (Å²) in [6.07, 6.45) is 4.19. The molecule has 2 rings (SSSR count). The van der Waals surface area contributed by atoms with Gasteiger partial charge in [-0.2, -0.15) is 0 Å². The van der Waals surface area contributed by atoms with Gasteiger partial charge in [0.15, 0.2) is 0 Å². The van der Waals surface area contributed by atoms with Gasteiger partial charge in [-0.1, -0.05) is 18.6 Å². The van der Waals surface area contributed by atoms with Crippen molar-refractivity contribution in [2.24, 2.45) is 5.73 Å². The molecule has 1 aromatic rings. The Morgan fingerprint density at radius 3 is 2.32 bits per heavy atom. The highest BCUT2D eigenvalue weighted by Gasteiger charge is 2.27. The summed E-state index contributed by atoms with van der Waals surface area (Å²) in [5, 5.41) is 0. The third-order valence-corrected chi connectivity index (χ3v) is 4.00. The van der Waals surface area contributed by atoms with Crippen molar-refractivity contribution >= 4 is 0 Å². The molecule has 1 unspecified atom stereocenters. The van der Waals surface area contributed by atoms with E-state index in [0.29, 0.717) is 18.6 Å². The highest BCUT2D eigenvalue weighted by Crippen LogP contribution is 2.31. The summed E-state index contributed by atoms with van der Waals surface area (Å²) < 4.78 is 5.68. The van der Waals surface area contributed by atoms with E-state index in [1.165, 1.54) is 24.8 Å². The fourth-order valence-corrected chi connectivity index (χ4v) is 2.63. The molecule has 0 aliphatic heterocycles. The summed E-state index contributed by atoms with van der Waals surface area (Å²) in [5.41, 5.74) is 7.25. The molecule has 0 heterocycles. The van der Waals surface area contributed by atoms with Crippen LogP contribution in [0.2, 0.25) is 0 Å². The lowest BCUT2D eigenvalue weighted by Crippen LogP contribution is -2.42. The standard InChI is InChI=1S/C16H26N2O/c1-12(2)19-15-9-7-13(8-10-15)16(11-17)18(3)14-5-4-6-14/h7-10,12,14,16H,4-6,11,17H2,1-3H3. The zero-order valence-corrected chi connectivity index (χ0v) is 12.3. The molecule has 3 heteroatoms. The molecule has 0 saturated heterocycles. The third kappa shape index (κ3) is 3.48. The maximum Gasteiger partial charge on any atom is 0.119 e. The predicted octanol–water partition coefficient (Wildman–Crippen LogP) is 2.96. The Hall–Kier alpha value is -1.06. The molecule has 1 saturated carbocycles. The zero-order valence-electron chi connectivity index (χ0n) is 12.3. The predicted molar refractivity (Wildman–Crippen MR) is 79.4 cm³/mol. The minimum Gasteiger partial charge on any atom is -0.491 e. The van der Waals surface area contributed by atoms with Gasteiger partial charge >= 0.3 is 0 Å². The summed E-state index contributed by atoms with van der Waals surface area (Å²) in [7, 11) is 2.19. The Balaban J connectivity index is 2.05. The maximum absolute atomic E-state index is 5.97. The Morgan fingerprint density at radius 1 is 1.26 bits per heavy atom. The average Bonchev–Trinajstić information content (AvgIpc) is 2.29. The lowest BCUT2D eigenvalue weighted by atomic mass is 9.89. The second-order valence-corrected chi connectivity index (χ2v) is 5.74. The van der Waals surface area contributed by atoms with Gasteiger partial charge in [0.2, 0.25) is 0 Å². The zero-order chi connectivity index (χ0) is 13.8. The van der Waals surface area contributed by atoms with Crippen LogP contribution in [-0.4, -0.2) is 30.6 Å². The molecule has 1 aliphatic rings. The summed E-state index contributed by atoms with van der Waals surface area (Å²) in [6.45, 7) is 4.75. The largest absolute Gasteiger partial charge is 0.491 e. The minimum atomic E-state index is 0.216. The fraction of sp³-hybridized carbons (Fsp3) is 0.625. The number of ether oxygens (including phenoxy) is 1. The van der Waals surface area contributed by atoms with Crippen molar-refractivity contribution in [2.45, 2.75) is 51.3 Å². The van der Waals surface area contributed by atoms with Crippen LogP contribution in [0.4, 0.5) is 0 Å². The molecule has 106 valence electrons. The molecular weight excluding hydrogens is 236 g/mol. The molecule has 0 spiro atoms. The number of hydrogen-bond donors (Lipinski definition) is 1. The molecule has 3 nitrogen and oxygen atoms in total. The van der Waals surface area contributed by atoms with E-state index in [4.69, 9.17) is 10.5 Å². The van der Waals surface area contributed by atoms with Crippen LogP contribution in [0.15, 0.2) is 24.3 Å². The van der Waals surface area contributed by atoms with Crippen LogP contribution in [0.3, 0.4) is 0 Å². The van der Waals surface area contributed by atoms with E-state index >= 15 is 0 Å². The van der Waals surface area contributed by atoms with E-state index < -0.39 is 0 Å². The number of nitrogens with two attached hydrogens (primary N) is 1. The van der Waals surface area contributed by atoms with Crippen molar-refractivity contribution < 1.29 is 4.74 Å². The first-order valence-electron chi connectivity index (χ1n) is 7.30. The first kappa shape index (κ1) is 14.4. The lowest BCUT2D eigenvalue weighted by Gasteiger charge is -2.39. The van der Waals surface area contributed by atoms with Crippen LogP contribution in [0, 0.1) is 0 Å². The summed E-state index contributed by atoms with van der Waals surface area (Å²) >= 11 is 0. The van der Waals surface area contributed by atoms with E-state index in [1.54, 1.807) is 0 Å². The molecule has 1 atom stereocenters. The average molecular weight is 262 g/mol. The molecule has 0 aromatic heterocycles. The van der Waals surface area contributed by atoms with Crippen molar-refractivity contribution in [3.63, 3.8) is 0 Å². The quantitative estimate of drug-likeness (QED) is 0.856. The smallest absolute Gasteiger partial charge is 0.119 e. The van der Waals surface area contributed by atoms with Crippen LogP contribution in [-0.2, 0) is 0 Å². The molecule has 19 heavy (non-hydrogen) atoms. The highest BCUT2D eigenvalue weighted by atomic mass is 16.5. The van der Waals surface area contributed by atoms with Crippen LogP contribution in [0.5, 0.6) is 5.75 Å². The summed E-state index contributed by atoms with van der Waals surface area (Å²) in [4.78, 5) is 2.43. The maximum atomic E-state index is 5.97. The van der Waals surface area contributed by atoms with Crippen molar-refractivity contribution in [3.05, 3.63) is 29.8 Å². The lowest BCUT2D eigenvalue weighted by molar-refractivity contribution is 0.113. The van der Waals surface area contributed by atoms with Gasteiger partial charge in [0.1, 0.15) is 5.75 Å². The van der Waals surface area contributed by atoms with Gasteiger partial charge in [-0.3, -0.25) is 4.90 Å². The molecule has 1 aliphatic carbocycles. The van der Waals surface area contributed by atoms with Crippen molar-refractivity contribution in [3.8, 4) is 5.75 Å². The first-order valence-corrected chi connectivity index (χ1v) is 7.30. The van der Waals surface area contributed by atoms with Gasteiger partial charge in [0.05, 0.1) is 6.10 Å². The molecule has 0 radical (unpaired) electrons. The number of benzene rings is 1. The summed E-state index contributed by atoms with van der Waals surface area (Å²) in [5.74, 6) is 0.931. The van der Waals surface area contributed by atoms with Crippen molar-refractivity contribution in [2.75, 3.05) is 13.6 Å². The van der Waals surface area contributed by atoms with Gasteiger partial charge in [0, 0.05) is 18.6 Å². The van der Waals surface area contributed by atoms with E-state index in [0.717, 1.165) is 5.75 Å². The van der Waals surface area contributed by atoms with E-state index in [9.17, 15) is 0 Å². The monoisotopic (exact) mass is 262 g/mol. The van der Waals surface area contributed by atoms with Gasteiger partial charge in [-0.05, 0) is 51.4 Å². The summed E-state index contributed by atoms with van der Waals surface area (Å²) in [6, 6.07) is 9.41. The topological polar surface area (TPSA) is 38.5 Å². The third-order valence-electron chi connectivity index (χ3n) is 4.00. The highest BCUT2D eigenvalue weighted by molar-refractivity contribution is 5.29. The Kier molecular flexibility index (Phi) is 4.83. The van der Waals surface area contributed by atoms with Crippen molar-refractivity contribution in [1.82, 2.24) is 4.90 Å². The van der Waals surface area contributed by atoms with Gasteiger partial charge < -0.3 is 10.5 Å².